The number of hydrogen-bond donors (Lipinski definition) is 1. The zero-order chi connectivity index (χ0) is 15.9. The van der Waals surface area contributed by atoms with Crippen LogP contribution in [0.2, 0.25) is 0 Å². The summed E-state index contributed by atoms with van der Waals surface area (Å²) in [6.07, 6.45) is 1.83. The third-order valence-corrected chi connectivity index (χ3v) is 4.30. The fourth-order valence-electron chi connectivity index (χ4n) is 3.23. The van der Waals surface area contributed by atoms with Crippen LogP contribution in [0, 0.1) is 11.3 Å². The highest BCUT2D eigenvalue weighted by Crippen LogP contribution is 2.35. The van der Waals surface area contributed by atoms with Crippen LogP contribution in [0.1, 0.15) is 32.5 Å². The molecule has 5 nitrogen and oxygen atoms in total. The van der Waals surface area contributed by atoms with Crippen LogP contribution >= 0.6 is 0 Å². The maximum absolute atomic E-state index is 12.5. The van der Waals surface area contributed by atoms with E-state index in [1.807, 2.05) is 60.7 Å². The SMILES string of the molecule is CCN1C(=O)C(C)(C)NC1c1cn(CC#N)c2ccccc12. The summed E-state index contributed by atoms with van der Waals surface area (Å²) >= 11 is 0. The summed E-state index contributed by atoms with van der Waals surface area (Å²) in [6, 6.07) is 10.2. The molecule has 0 spiro atoms. The Bertz CT molecular complexity index is 769. The van der Waals surface area contributed by atoms with Gasteiger partial charge in [-0.1, -0.05) is 18.2 Å². The first-order chi connectivity index (χ1) is 10.5. The van der Waals surface area contributed by atoms with E-state index in [-0.39, 0.29) is 12.1 Å². The summed E-state index contributed by atoms with van der Waals surface area (Å²) in [6.45, 7) is 6.76. The van der Waals surface area contributed by atoms with Gasteiger partial charge in [-0.25, -0.2) is 0 Å². The van der Waals surface area contributed by atoms with Gasteiger partial charge in [0.1, 0.15) is 12.7 Å². The Morgan fingerprint density at radius 2 is 2.09 bits per heavy atom. The van der Waals surface area contributed by atoms with Crippen LogP contribution in [-0.4, -0.2) is 27.5 Å². The maximum Gasteiger partial charge on any atom is 0.243 e. The Balaban J connectivity index is 2.14. The van der Waals surface area contributed by atoms with Crippen molar-refractivity contribution in [3.63, 3.8) is 0 Å². The summed E-state index contributed by atoms with van der Waals surface area (Å²) in [5, 5.41) is 13.5. The number of fused-ring (bicyclic) bond motifs is 1. The largest absolute Gasteiger partial charge is 0.333 e. The van der Waals surface area contributed by atoms with Gasteiger partial charge in [-0.3, -0.25) is 10.1 Å². The molecule has 1 atom stereocenters. The highest BCUT2D eigenvalue weighted by molar-refractivity contribution is 5.90. The van der Waals surface area contributed by atoms with Crippen molar-refractivity contribution in [1.29, 1.82) is 5.26 Å². The lowest BCUT2D eigenvalue weighted by Crippen LogP contribution is -2.40. The van der Waals surface area contributed by atoms with Crippen molar-refractivity contribution in [2.24, 2.45) is 0 Å². The number of nitriles is 1. The van der Waals surface area contributed by atoms with E-state index in [9.17, 15) is 4.79 Å². The minimum Gasteiger partial charge on any atom is -0.333 e. The zero-order valence-corrected chi connectivity index (χ0v) is 13.1. The number of amides is 1. The van der Waals surface area contributed by atoms with Crippen molar-refractivity contribution in [3.8, 4) is 6.07 Å². The average molecular weight is 296 g/mol. The van der Waals surface area contributed by atoms with E-state index in [4.69, 9.17) is 5.26 Å². The van der Waals surface area contributed by atoms with Gasteiger partial charge in [0.05, 0.1) is 11.6 Å². The molecule has 0 saturated carbocycles. The van der Waals surface area contributed by atoms with E-state index in [1.54, 1.807) is 0 Å². The molecule has 0 bridgehead atoms. The summed E-state index contributed by atoms with van der Waals surface area (Å²) in [5.41, 5.74) is 1.50. The third kappa shape index (κ3) is 2.08. The molecule has 1 fully saturated rings. The molecule has 2 heterocycles. The number of likely N-dealkylation sites (N-methyl/N-ethyl adjacent to an activating group) is 1. The standard InChI is InChI=1S/C17H20N4O/c1-4-21-15(19-17(2,3)16(21)22)13-11-20(10-9-18)14-8-6-5-7-12(13)14/h5-8,11,15,19H,4,10H2,1-3H3. The topological polar surface area (TPSA) is 61.1 Å². The second kappa shape index (κ2) is 5.15. The summed E-state index contributed by atoms with van der Waals surface area (Å²) in [7, 11) is 0. The fourth-order valence-corrected chi connectivity index (χ4v) is 3.23. The van der Waals surface area contributed by atoms with Gasteiger partial charge >= 0.3 is 0 Å². The van der Waals surface area contributed by atoms with Crippen LogP contribution in [0.25, 0.3) is 10.9 Å². The summed E-state index contributed by atoms with van der Waals surface area (Å²) in [4.78, 5) is 14.4. The van der Waals surface area contributed by atoms with Crippen molar-refractivity contribution in [1.82, 2.24) is 14.8 Å². The second-order valence-corrected chi connectivity index (χ2v) is 6.15. The van der Waals surface area contributed by atoms with Crippen LogP contribution in [0.15, 0.2) is 30.5 Å². The molecule has 5 heteroatoms. The molecule has 1 aliphatic rings. The first kappa shape index (κ1) is 14.6. The Kier molecular flexibility index (Phi) is 3.42. The van der Waals surface area contributed by atoms with Crippen molar-refractivity contribution >= 4 is 16.8 Å². The number of nitrogens with zero attached hydrogens (tertiary/aromatic N) is 3. The van der Waals surface area contributed by atoms with Gasteiger partial charge in [-0.15, -0.1) is 0 Å². The molecule has 1 amide bonds. The van der Waals surface area contributed by atoms with Gasteiger partial charge in [0, 0.05) is 29.2 Å². The Morgan fingerprint density at radius 1 is 1.36 bits per heavy atom. The van der Waals surface area contributed by atoms with Crippen LogP contribution < -0.4 is 5.32 Å². The molecule has 1 aromatic heterocycles. The van der Waals surface area contributed by atoms with E-state index in [0.717, 1.165) is 16.5 Å². The predicted molar refractivity (Wildman–Crippen MR) is 84.9 cm³/mol. The lowest BCUT2D eigenvalue weighted by atomic mass is 10.1. The lowest BCUT2D eigenvalue weighted by Gasteiger charge is -2.22. The first-order valence-corrected chi connectivity index (χ1v) is 7.53. The van der Waals surface area contributed by atoms with Gasteiger partial charge in [0.15, 0.2) is 0 Å². The fraction of sp³-hybridized carbons (Fsp3) is 0.412. The highest BCUT2D eigenvalue weighted by Gasteiger charge is 2.45. The van der Waals surface area contributed by atoms with Crippen LogP contribution in [-0.2, 0) is 11.3 Å². The molecule has 3 rings (SSSR count). The first-order valence-electron chi connectivity index (χ1n) is 7.53. The predicted octanol–water partition coefficient (Wildman–Crippen LogP) is 2.39. The molecule has 0 aliphatic carbocycles. The second-order valence-electron chi connectivity index (χ2n) is 6.15. The number of nitrogens with one attached hydrogen (secondary N) is 1. The van der Waals surface area contributed by atoms with Crippen molar-refractivity contribution < 1.29 is 4.79 Å². The summed E-state index contributed by atoms with van der Waals surface area (Å²) < 4.78 is 1.94. The van der Waals surface area contributed by atoms with Gasteiger partial charge in [0.2, 0.25) is 5.91 Å². The van der Waals surface area contributed by atoms with Crippen LogP contribution in [0.5, 0.6) is 0 Å². The molecule has 1 N–H and O–H groups in total. The number of carbonyl (C=O) groups excluding carboxylic acids is 1. The molecule has 1 unspecified atom stereocenters. The minimum atomic E-state index is -0.570. The summed E-state index contributed by atoms with van der Waals surface area (Å²) in [5.74, 6) is 0.108. The van der Waals surface area contributed by atoms with Crippen molar-refractivity contribution in [2.75, 3.05) is 6.54 Å². The molecule has 22 heavy (non-hydrogen) atoms. The van der Waals surface area contributed by atoms with Gasteiger partial charge < -0.3 is 9.47 Å². The Labute approximate surface area is 130 Å². The molecule has 2 aromatic rings. The smallest absolute Gasteiger partial charge is 0.243 e. The normalized spacial score (nSPS) is 20.5. The molecule has 1 saturated heterocycles. The quantitative estimate of drug-likeness (QED) is 0.946. The highest BCUT2D eigenvalue weighted by atomic mass is 16.2. The Morgan fingerprint density at radius 3 is 2.77 bits per heavy atom. The number of benzene rings is 1. The van der Waals surface area contributed by atoms with Crippen LogP contribution in [0.3, 0.4) is 0 Å². The average Bonchev–Trinajstić information content (AvgIpc) is 2.96. The van der Waals surface area contributed by atoms with Crippen molar-refractivity contribution in [3.05, 3.63) is 36.0 Å². The monoisotopic (exact) mass is 296 g/mol. The van der Waals surface area contributed by atoms with Gasteiger partial charge in [0.25, 0.3) is 0 Å². The van der Waals surface area contributed by atoms with Crippen LogP contribution in [0.4, 0.5) is 0 Å². The number of para-hydroxylation sites is 1. The van der Waals surface area contributed by atoms with Gasteiger partial charge in [-0.2, -0.15) is 5.26 Å². The molecule has 0 radical (unpaired) electrons. The minimum absolute atomic E-state index is 0.108. The molecular formula is C17H20N4O. The number of hydrogen-bond acceptors (Lipinski definition) is 3. The molecule has 114 valence electrons. The number of rotatable bonds is 3. The van der Waals surface area contributed by atoms with E-state index in [1.165, 1.54) is 0 Å². The lowest BCUT2D eigenvalue weighted by molar-refractivity contribution is -0.132. The third-order valence-electron chi connectivity index (χ3n) is 4.30. The molecule has 1 aliphatic heterocycles. The molecule has 1 aromatic carbocycles. The molecular weight excluding hydrogens is 276 g/mol. The van der Waals surface area contributed by atoms with Gasteiger partial charge in [-0.05, 0) is 26.8 Å². The Hall–Kier alpha value is -2.32. The number of aromatic nitrogens is 1. The number of carbonyl (C=O) groups is 1. The zero-order valence-electron chi connectivity index (χ0n) is 13.1. The van der Waals surface area contributed by atoms with E-state index in [2.05, 4.69) is 11.4 Å². The van der Waals surface area contributed by atoms with E-state index < -0.39 is 5.54 Å². The van der Waals surface area contributed by atoms with E-state index >= 15 is 0 Å². The van der Waals surface area contributed by atoms with Crippen molar-refractivity contribution in [2.45, 2.75) is 39.0 Å². The van der Waals surface area contributed by atoms with E-state index in [0.29, 0.717) is 13.1 Å². The maximum atomic E-state index is 12.5.